The molecule has 3 nitrogen and oxygen atoms in total. The molecule has 21 heavy (non-hydrogen) atoms. The summed E-state index contributed by atoms with van der Waals surface area (Å²) in [6.45, 7) is 2.68. The summed E-state index contributed by atoms with van der Waals surface area (Å²) in [6.07, 6.45) is 4.01. The SMILES string of the molecule is CC(CS(=O)(=O)N1CCCCC1CCBr)c1ccccc1. The summed E-state index contributed by atoms with van der Waals surface area (Å²) in [5.74, 6) is 0.234. The zero-order chi connectivity index (χ0) is 15.3. The van der Waals surface area contributed by atoms with Gasteiger partial charge in [0.2, 0.25) is 10.0 Å². The van der Waals surface area contributed by atoms with Crippen LogP contribution in [0.1, 0.15) is 44.1 Å². The Balaban J connectivity index is 2.09. The molecule has 1 fully saturated rings. The maximum absolute atomic E-state index is 12.8. The first-order chi connectivity index (χ1) is 10.0. The van der Waals surface area contributed by atoms with E-state index in [1.165, 1.54) is 0 Å². The van der Waals surface area contributed by atoms with Crippen molar-refractivity contribution >= 4 is 26.0 Å². The minimum Gasteiger partial charge on any atom is -0.212 e. The van der Waals surface area contributed by atoms with Gasteiger partial charge in [-0.3, -0.25) is 0 Å². The van der Waals surface area contributed by atoms with Crippen molar-refractivity contribution in [3.8, 4) is 0 Å². The number of nitrogens with zero attached hydrogens (tertiary/aromatic N) is 1. The van der Waals surface area contributed by atoms with E-state index in [0.717, 1.165) is 36.6 Å². The highest BCUT2D eigenvalue weighted by molar-refractivity contribution is 9.09. The number of benzene rings is 1. The van der Waals surface area contributed by atoms with Gasteiger partial charge in [0.15, 0.2) is 0 Å². The van der Waals surface area contributed by atoms with E-state index in [2.05, 4.69) is 15.9 Å². The third-order valence-corrected chi connectivity index (χ3v) is 6.78. The summed E-state index contributed by atoms with van der Waals surface area (Å²) in [5.41, 5.74) is 1.09. The number of hydrogen-bond donors (Lipinski definition) is 0. The van der Waals surface area contributed by atoms with E-state index in [9.17, 15) is 8.42 Å². The monoisotopic (exact) mass is 373 g/mol. The molecule has 118 valence electrons. The molecule has 1 aliphatic rings. The van der Waals surface area contributed by atoms with Crippen LogP contribution in [0.5, 0.6) is 0 Å². The molecule has 1 aromatic rings. The molecule has 0 N–H and O–H groups in total. The second kappa shape index (κ2) is 7.75. The van der Waals surface area contributed by atoms with E-state index in [1.807, 2.05) is 37.3 Å². The van der Waals surface area contributed by atoms with Gasteiger partial charge in [-0.1, -0.05) is 59.6 Å². The molecular formula is C16H24BrNO2S. The zero-order valence-corrected chi connectivity index (χ0v) is 14.9. The van der Waals surface area contributed by atoms with Crippen LogP contribution >= 0.6 is 15.9 Å². The maximum atomic E-state index is 12.8. The quantitative estimate of drug-likeness (QED) is 0.711. The van der Waals surface area contributed by atoms with E-state index < -0.39 is 10.0 Å². The lowest BCUT2D eigenvalue weighted by atomic mass is 10.0. The van der Waals surface area contributed by atoms with Gasteiger partial charge in [0.05, 0.1) is 5.75 Å². The van der Waals surface area contributed by atoms with Crippen molar-refractivity contribution < 1.29 is 8.42 Å². The largest absolute Gasteiger partial charge is 0.214 e. The topological polar surface area (TPSA) is 37.4 Å². The van der Waals surface area contributed by atoms with Crippen molar-refractivity contribution in [3.05, 3.63) is 35.9 Å². The van der Waals surface area contributed by atoms with Crippen molar-refractivity contribution in [3.63, 3.8) is 0 Å². The van der Waals surface area contributed by atoms with Gasteiger partial charge in [0.25, 0.3) is 0 Å². The maximum Gasteiger partial charge on any atom is 0.214 e. The Kier molecular flexibility index (Phi) is 6.26. The standard InChI is InChI=1S/C16H24BrNO2S/c1-14(15-7-3-2-4-8-15)13-21(19,20)18-12-6-5-9-16(18)10-11-17/h2-4,7-8,14,16H,5-6,9-13H2,1H3. The van der Waals surface area contributed by atoms with Gasteiger partial charge >= 0.3 is 0 Å². The molecule has 1 aliphatic heterocycles. The Morgan fingerprint density at radius 2 is 2.00 bits per heavy atom. The molecule has 0 aliphatic carbocycles. The van der Waals surface area contributed by atoms with Crippen LogP contribution in [0.15, 0.2) is 30.3 Å². The normalized spacial score (nSPS) is 22.1. The number of piperidine rings is 1. The van der Waals surface area contributed by atoms with E-state index in [-0.39, 0.29) is 17.7 Å². The first kappa shape index (κ1) is 17.0. The van der Waals surface area contributed by atoms with E-state index >= 15 is 0 Å². The molecule has 2 unspecified atom stereocenters. The fraction of sp³-hybridized carbons (Fsp3) is 0.625. The number of sulfonamides is 1. The molecule has 0 radical (unpaired) electrons. The average Bonchev–Trinajstić information content (AvgIpc) is 2.48. The van der Waals surface area contributed by atoms with Gasteiger partial charge in [-0.05, 0) is 30.7 Å². The number of hydrogen-bond acceptors (Lipinski definition) is 2. The summed E-state index contributed by atoms with van der Waals surface area (Å²) in [7, 11) is -3.19. The van der Waals surface area contributed by atoms with Crippen molar-refractivity contribution in [2.75, 3.05) is 17.6 Å². The predicted octanol–water partition coefficient (Wildman–Crippen LogP) is 3.76. The molecule has 2 rings (SSSR count). The second-order valence-corrected chi connectivity index (χ2v) is 8.59. The Labute approximate surface area is 136 Å². The Bertz CT molecular complexity index is 530. The lowest BCUT2D eigenvalue weighted by Crippen LogP contribution is -2.45. The van der Waals surface area contributed by atoms with Gasteiger partial charge in [0, 0.05) is 17.9 Å². The minimum atomic E-state index is -3.19. The molecule has 5 heteroatoms. The molecule has 0 saturated carbocycles. The molecule has 2 atom stereocenters. The molecular weight excluding hydrogens is 350 g/mol. The van der Waals surface area contributed by atoms with Crippen molar-refractivity contribution in [2.24, 2.45) is 0 Å². The van der Waals surface area contributed by atoms with Crippen LogP contribution in [0.4, 0.5) is 0 Å². The molecule has 0 bridgehead atoms. The molecule has 0 aromatic heterocycles. The van der Waals surface area contributed by atoms with Crippen LogP contribution in [0, 0.1) is 0 Å². The first-order valence-electron chi connectivity index (χ1n) is 7.65. The fourth-order valence-corrected chi connectivity index (χ4v) is 5.66. The highest BCUT2D eigenvalue weighted by Gasteiger charge is 2.32. The summed E-state index contributed by atoms with van der Waals surface area (Å²) in [4.78, 5) is 0. The number of rotatable bonds is 6. The smallest absolute Gasteiger partial charge is 0.212 e. The summed E-state index contributed by atoms with van der Waals surface area (Å²) < 4.78 is 27.3. The molecule has 1 saturated heterocycles. The van der Waals surface area contributed by atoms with Crippen LogP contribution in [-0.2, 0) is 10.0 Å². The van der Waals surface area contributed by atoms with Gasteiger partial charge < -0.3 is 0 Å². The Morgan fingerprint density at radius 1 is 1.29 bits per heavy atom. The van der Waals surface area contributed by atoms with Gasteiger partial charge in [0.1, 0.15) is 0 Å². The highest BCUT2D eigenvalue weighted by atomic mass is 79.9. The number of halogens is 1. The van der Waals surface area contributed by atoms with Crippen LogP contribution in [0.2, 0.25) is 0 Å². The predicted molar refractivity (Wildman–Crippen MR) is 91.4 cm³/mol. The van der Waals surface area contributed by atoms with Crippen LogP contribution in [0.25, 0.3) is 0 Å². The van der Waals surface area contributed by atoms with Crippen molar-refractivity contribution in [1.29, 1.82) is 0 Å². The molecule has 1 heterocycles. The highest BCUT2D eigenvalue weighted by Crippen LogP contribution is 2.26. The summed E-state index contributed by atoms with van der Waals surface area (Å²) in [6, 6.07) is 10.1. The van der Waals surface area contributed by atoms with Crippen LogP contribution in [-0.4, -0.2) is 36.4 Å². The lowest BCUT2D eigenvalue weighted by molar-refractivity contribution is 0.248. The van der Waals surface area contributed by atoms with Crippen LogP contribution in [0.3, 0.4) is 0 Å². The average molecular weight is 374 g/mol. The summed E-state index contributed by atoms with van der Waals surface area (Å²) >= 11 is 3.45. The first-order valence-corrected chi connectivity index (χ1v) is 10.4. The third-order valence-electron chi connectivity index (χ3n) is 4.20. The van der Waals surface area contributed by atoms with Crippen LogP contribution < -0.4 is 0 Å². The van der Waals surface area contributed by atoms with Gasteiger partial charge in [-0.15, -0.1) is 0 Å². The summed E-state index contributed by atoms with van der Waals surface area (Å²) in [5, 5.41) is 0.859. The fourth-order valence-electron chi connectivity index (χ4n) is 3.04. The van der Waals surface area contributed by atoms with Crippen molar-refractivity contribution in [2.45, 2.75) is 44.6 Å². The molecule has 0 amide bonds. The van der Waals surface area contributed by atoms with Gasteiger partial charge in [-0.25, -0.2) is 8.42 Å². The van der Waals surface area contributed by atoms with Gasteiger partial charge in [-0.2, -0.15) is 4.31 Å². The van der Waals surface area contributed by atoms with E-state index in [0.29, 0.717) is 6.54 Å². The third kappa shape index (κ3) is 4.54. The molecule has 1 aromatic carbocycles. The lowest BCUT2D eigenvalue weighted by Gasteiger charge is -2.35. The van der Waals surface area contributed by atoms with E-state index in [4.69, 9.17) is 0 Å². The minimum absolute atomic E-state index is 0.0303. The van der Waals surface area contributed by atoms with Crippen molar-refractivity contribution in [1.82, 2.24) is 4.31 Å². The number of alkyl halides is 1. The molecule has 0 spiro atoms. The Morgan fingerprint density at radius 3 is 2.67 bits per heavy atom. The van der Waals surface area contributed by atoms with E-state index in [1.54, 1.807) is 4.31 Å². The zero-order valence-electron chi connectivity index (χ0n) is 12.5. The second-order valence-electron chi connectivity index (χ2n) is 5.83. The Hall–Kier alpha value is -0.390.